The van der Waals surface area contributed by atoms with Crippen LogP contribution in [0.25, 0.3) is 0 Å². The Bertz CT molecular complexity index is 421. The van der Waals surface area contributed by atoms with E-state index in [1.165, 1.54) is 6.42 Å². The maximum atomic E-state index is 5.88. The lowest BCUT2D eigenvalue weighted by molar-refractivity contribution is 0.0816. The third-order valence-electron chi connectivity index (χ3n) is 4.26. The zero-order valence-corrected chi connectivity index (χ0v) is 14.9. The van der Waals surface area contributed by atoms with E-state index >= 15 is 0 Å². The summed E-state index contributed by atoms with van der Waals surface area (Å²) in [5.74, 6) is 1.62. The van der Waals surface area contributed by atoms with Gasteiger partial charge in [0, 0.05) is 36.2 Å². The summed E-state index contributed by atoms with van der Waals surface area (Å²) in [6, 6.07) is 9.29. The van der Waals surface area contributed by atoms with Crippen LogP contribution in [0.4, 0.5) is 0 Å². The van der Waals surface area contributed by atoms with Crippen molar-refractivity contribution < 1.29 is 4.74 Å². The molecule has 0 saturated carbocycles. The molecule has 4 heteroatoms. The molecule has 0 spiro atoms. The van der Waals surface area contributed by atoms with Crippen LogP contribution >= 0.6 is 15.9 Å². The van der Waals surface area contributed by atoms with Crippen molar-refractivity contribution in [2.75, 3.05) is 26.2 Å². The number of rotatable bonds is 6. The fourth-order valence-corrected chi connectivity index (χ4v) is 3.16. The maximum absolute atomic E-state index is 5.88. The molecule has 1 saturated heterocycles. The van der Waals surface area contributed by atoms with E-state index in [0.29, 0.717) is 18.0 Å². The van der Waals surface area contributed by atoms with Crippen molar-refractivity contribution in [1.29, 1.82) is 0 Å². The molecule has 2 unspecified atom stereocenters. The predicted molar refractivity (Wildman–Crippen MR) is 91.9 cm³/mol. The monoisotopic (exact) mass is 354 g/mol. The first kappa shape index (κ1) is 16.8. The molecule has 1 aromatic rings. The fraction of sp³-hybridized carbons (Fsp3) is 0.647. The van der Waals surface area contributed by atoms with Crippen molar-refractivity contribution in [1.82, 2.24) is 10.2 Å². The molecule has 0 aliphatic carbocycles. The highest BCUT2D eigenvalue weighted by atomic mass is 79.9. The lowest BCUT2D eigenvalue weighted by atomic mass is 9.98. The standard InChI is InChI=1S/C17H27BrN2O/c1-4-15-12-20(17(11-19-15)13(2)3)9-10-21-16-7-5-14(18)6-8-16/h5-8,13,15,17,19H,4,9-12H2,1-3H3. The number of nitrogens with zero attached hydrogens (tertiary/aromatic N) is 1. The lowest BCUT2D eigenvalue weighted by Crippen LogP contribution is -2.58. The zero-order chi connectivity index (χ0) is 15.2. The van der Waals surface area contributed by atoms with Gasteiger partial charge in [0.15, 0.2) is 0 Å². The van der Waals surface area contributed by atoms with E-state index in [0.717, 1.165) is 36.5 Å². The number of hydrogen-bond acceptors (Lipinski definition) is 3. The van der Waals surface area contributed by atoms with Gasteiger partial charge in [0.25, 0.3) is 0 Å². The Morgan fingerprint density at radius 2 is 2.05 bits per heavy atom. The Labute approximate surface area is 137 Å². The number of benzene rings is 1. The lowest BCUT2D eigenvalue weighted by Gasteiger charge is -2.42. The average Bonchev–Trinajstić information content (AvgIpc) is 2.49. The minimum Gasteiger partial charge on any atom is -0.492 e. The topological polar surface area (TPSA) is 24.5 Å². The van der Waals surface area contributed by atoms with Crippen LogP contribution in [0.2, 0.25) is 0 Å². The predicted octanol–water partition coefficient (Wildman–Crippen LogP) is 3.54. The molecule has 1 aromatic carbocycles. The Morgan fingerprint density at radius 3 is 2.67 bits per heavy atom. The Hall–Kier alpha value is -0.580. The molecule has 2 atom stereocenters. The molecule has 0 amide bonds. The van der Waals surface area contributed by atoms with E-state index in [1.807, 2.05) is 24.3 Å². The van der Waals surface area contributed by atoms with Gasteiger partial charge in [-0.15, -0.1) is 0 Å². The molecule has 1 N–H and O–H groups in total. The van der Waals surface area contributed by atoms with E-state index in [9.17, 15) is 0 Å². The molecule has 118 valence electrons. The Morgan fingerprint density at radius 1 is 1.33 bits per heavy atom. The summed E-state index contributed by atoms with van der Waals surface area (Å²) in [7, 11) is 0. The summed E-state index contributed by atoms with van der Waals surface area (Å²) >= 11 is 3.44. The fourth-order valence-electron chi connectivity index (χ4n) is 2.90. The summed E-state index contributed by atoms with van der Waals surface area (Å²) < 4.78 is 6.96. The van der Waals surface area contributed by atoms with Crippen molar-refractivity contribution >= 4 is 15.9 Å². The maximum Gasteiger partial charge on any atom is 0.119 e. The van der Waals surface area contributed by atoms with Crippen LogP contribution in [0.15, 0.2) is 28.7 Å². The summed E-state index contributed by atoms with van der Waals surface area (Å²) in [5.41, 5.74) is 0. The van der Waals surface area contributed by atoms with Crippen LogP contribution in [0.1, 0.15) is 27.2 Å². The Balaban J connectivity index is 1.84. The molecule has 21 heavy (non-hydrogen) atoms. The van der Waals surface area contributed by atoms with Gasteiger partial charge >= 0.3 is 0 Å². The van der Waals surface area contributed by atoms with Crippen LogP contribution in [0.5, 0.6) is 5.75 Å². The third-order valence-corrected chi connectivity index (χ3v) is 4.79. The highest BCUT2D eigenvalue weighted by molar-refractivity contribution is 9.10. The summed E-state index contributed by atoms with van der Waals surface area (Å²) in [6.07, 6.45) is 1.19. The molecule has 1 heterocycles. The van der Waals surface area contributed by atoms with Crippen molar-refractivity contribution in [3.63, 3.8) is 0 Å². The van der Waals surface area contributed by atoms with Gasteiger partial charge in [-0.2, -0.15) is 0 Å². The second kappa shape index (κ2) is 8.16. The second-order valence-corrected chi connectivity index (χ2v) is 7.04. The van der Waals surface area contributed by atoms with Crippen molar-refractivity contribution in [2.45, 2.75) is 39.3 Å². The van der Waals surface area contributed by atoms with Crippen LogP contribution in [0.3, 0.4) is 0 Å². The molecular formula is C17H27BrN2O. The highest BCUT2D eigenvalue weighted by Crippen LogP contribution is 2.18. The summed E-state index contributed by atoms with van der Waals surface area (Å²) in [6.45, 7) is 10.8. The number of halogens is 1. The van der Waals surface area contributed by atoms with E-state index in [2.05, 4.69) is 46.9 Å². The summed E-state index contributed by atoms with van der Waals surface area (Å²) in [4.78, 5) is 2.59. The van der Waals surface area contributed by atoms with Crippen LogP contribution in [-0.2, 0) is 0 Å². The molecule has 1 aliphatic rings. The van der Waals surface area contributed by atoms with Gasteiger partial charge in [-0.3, -0.25) is 4.90 Å². The van der Waals surface area contributed by atoms with Crippen molar-refractivity contribution in [2.24, 2.45) is 5.92 Å². The first-order valence-corrected chi connectivity index (χ1v) is 8.75. The first-order valence-electron chi connectivity index (χ1n) is 7.96. The number of ether oxygens (including phenoxy) is 1. The van der Waals surface area contributed by atoms with Crippen molar-refractivity contribution in [3.8, 4) is 5.75 Å². The zero-order valence-electron chi connectivity index (χ0n) is 13.3. The number of piperazine rings is 1. The van der Waals surface area contributed by atoms with Gasteiger partial charge in [0.2, 0.25) is 0 Å². The van der Waals surface area contributed by atoms with E-state index < -0.39 is 0 Å². The average molecular weight is 355 g/mol. The van der Waals surface area contributed by atoms with E-state index in [-0.39, 0.29) is 0 Å². The normalized spacial score (nSPS) is 23.5. The molecule has 0 bridgehead atoms. The third kappa shape index (κ3) is 4.97. The van der Waals surface area contributed by atoms with Gasteiger partial charge in [-0.05, 0) is 36.6 Å². The van der Waals surface area contributed by atoms with Gasteiger partial charge < -0.3 is 10.1 Å². The molecule has 0 radical (unpaired) electrons. The molecule has 3 nitrogen and oxygen atoms in total. The first-order chi connectivity index (χ1) is 10.1. The van der Waals surface area contributed by atoms with Gasteiger partial charge in [-0.1, -0.05) is 36.7 Å². The quantitative estimate of drug-likeness (QED) is 0.845. The minimum absolute atomic E-state index is 0.612. The molecular weight excluding hydrogens is 328 g/mol. The van der Waals surface area contributed by atoms with Crippen LogP contribution in [-0.4, -0.2) is 43.2 Å². The smallest absolute Gasteiger partial charge is 0.119 e. The van der Waals surface area contributed by atoms with E-state index in [4.69, 9.17) is 4.74 Å². The molecule has 2 rings (SSSR count). The SMILES string of the molecule is CCC1CN(CCOc2ccc(Br)cc2)C(C(C)C)CN1. The Kier molecular flexibility index (Phi) is 6.52. The van der Waals surface area contributed by atoms with Gasteiger partial charge in [0.05, 0.1) is 0 Å². The second-order valence-electron chi connectivity index (χ2n) is 6.12. The van der Waals surface area contributed by atoms with Crippen LogP contribution in [0, 0.1) is 5.92 Å². The molecule has 1 fully saturated rings. The van der Waals surface area contributed by atoms with Gasteiger partial charge in [-0.25, -0.2) is 0 Å². The largest absolute Gasteiger partial charge is 0.492 e. The van der Waals surface area contributed by atoms with Crippen molar-refractivity contribution in [3.05, 3.63) is 28.7 Å². The summed E-state index contributed by atoms with van der Waals surface area (Å²) in [5, 5.41) is 3.66. The molecule has 0 aromatic heterocycles. The van der Waals surface area contributed by atoms with Gasteiger partial charge in [0.1, 0.15) is 12.4 Å². The molecule has 1 aliphatic heterocycles. The minimum atomic E-state index is 0.612. The number of hydrogen-bond donors (Lipinski definition) is 1. The van der Waals surface area contributed by atoms with Crippen LogP contribution < -0.4 is 10.1 Å². The number of nitrogens with one attached hydrogen (secondary N) is 1. The van der Waals surface area contributed by atoms with E-state index in [1.54, 1.807) is 0 Å². The highest BCUT2D eigenvalue weighted by Gasteiger charge is 2.28.